The Morgan fingerprint density at radius 1 is 1.60 bits per heavy atom. The molecule has 1 rings (SSSR count). The van der Waals surface area contributed by atoms with Crippen molar-refractivity contribution in [3.63, 3.8) is 0 Å². The third-order valence-corrected chi connectivity index (χ3v) is 3.05. The lowest BCUT2D eigenvalue weighted by atomic mass is 10.0. The molecule has 15 heavy (non-hydrogen) atoms. The molecule has 0 heterocycles. The molecule has 86 valence electrons. The Morgan fingerprint density at radius 3 is 2.80 bits per heavy atom. The van der Waals surface area contributed by atoms with Crippen LogP contribution < -0.4 is 11.1 Å². The van der Waals surface area contributed by atoms with E-state index in [0.717, 1.165) is 19.3 Å². The fourth-order valence-corrected chi connectivity index (χ4v) is 1.92. The number of carbonyl (C=O) groups excluding carboxylic acids is 1. The number of urea groups is 1. The largest absolute Gasteiger partial charge is 0.387 e. The van der Waals surface area contributed by atoms with Crippen molar-refractivity contribution in [2.75, 3.05) is 13.6 Å². The minimum Gasteiger partial charge on any atom is -0.387 e. The molecule has 1 fully saturated rings. The molecule has 2 unspecified atom stereocenters. The van der Waals surface area contributed by atoms with Crippen molar-refractivity contribution < 1.29 is 4.79 Å². The van der Waals surface area contributed by atoms with E-state index in [1.165, 1.54) is 0 Å². The quantitative estimate of drug-likeness (QED) is 0.476. The second kappa shape index (κ2) is 5.00. The molecule has 1 aliphatic rings. The number of rotatable bonds is 3. The summed E-state index contributed by atoms with van der Waals surface area (Å²) in [7, 11) is 1.76. The molecule has 0 aromatic heterocycles. The average molecular weight is 212 g/mol. The van der Waals surface area contributed by atoms with Gasteiger partial charge in [0.2, 0.25) is 0 Å². The summed E-state index contributed by atoms with van der Waals surface area (Å²) in [5.41, 5.74) is 5.49. The van der Waals surface area contributed by atoms with Crippen LogP contribution in [0.15, 0.2) is 0 Å². The Balaban J connectivity index is 2.50. The maximum atomic E-state index is 11.6. The molecule has 2 atom stereocenters. The van der Waals surface area contributed by atoms with Crippen LogP contribution in [0.4, 0.5) is 4.79 Å². The van der Waals surface area contributed by atoms with Crippen LogP contribution in [0, 0.1) is 11.3 Å². The highest BCUT2D eigenvalue weighted by Crippen LogP contribution is 2.25. The van der Waals surface area contributed by atoms with Crippen molar-refractivity contribution in [1.29, 1.82) is 5.41 Å². The molecule has 0 bridgehead atoms. The minimum atomic E-state index is -0.0735. The first-order chi connectivity index (χ1) is 7.06. The third-order valence-electron chi connectivity index (χ3n) is 3.05. The number of hydrogen-bond donors (Lipinski definition) is 3. The molecule has 2 amide bonds. The molecular weight excluding hydrogens is 192 g/mol. The predicted molar refractivity (Wildman–Crippen MR) is 59.9 cm³/mol. The van der Waals surface area contributed by atoms with Gasteiger partial charge in [0.15, 0.2) is 0 Å². The van der Waals surface area contributed by atoms with Crippen molar-refractivity contribution in [2.24, 2.45) is 11.7 Å². The number of nitrogens with zero attached hydrogens (tertiary/aromatic N) is 1. The summed E-state index contributed by atoms with van der Waals surface area (Å²) >= 11 is 0. The van der Waals surface area contributed by atoms with Crippen molar-refractivity contribution >= 4 is 11.9 Å². The van der Waals surface area contributed by atoms with E-state index in [2.05, 4.69) is 5.32 Å². The Morgan fingerprint density at radius 2 is 2.27 bits per heavy atom. The van der Waals surface area contributed by atoms with Gasteiger partial charge in [-0.1, -0.05) is 6.42 Å². The second-order valence-corrected chi connectivity index (χ2v) is 4.06. The lowest BCUT2D eigenvalue weighted by Gasteiger charge is -2.23. The standard InChI is InChI=1S/C10H20N4O/c1-3-14(2)10(15)13-8-6-4-5-7(8)9(11)12/h7-8H,3-6H2,1-2H3,(H3,11,12)(H,13,15). The van der Waals surface area contributed by atoms with Crippen LogP contribution in [-0.2, 0) is 0 Å². The summed E-state index contributed by atoms with van der Waals surface area (Å²) in [5, 5.41) is 10.4. The number of carbonyl (C=O) groups is 1. The number of amidine groups is 1. The number of hydrogen-bond acceptors (Lipinski definition) is 2. The van der Waals surface area contributed by atoms with Gasteiger partial charge in [-0.05, 0) is 19.8 Å². The maximum Gasteiger partial charge on any atom is 0.317 e. The van der Waals surface area contributed by atoms with Gasteiger partial charge in [0.1, 0.15) is 0 Å². The third kappa shape index (κ3) is 2.84. The number of nitrogens with two attached hydrogens (primary N) is 1. The molecule has 0 aromatic carbocycles. The van der Waals surface area contributed by atoms with Crippen LogP contribution in [0.3, 0.4) is 0 Å². The maximum absolute atomic E-state index is 11.6. The smallest absolute Gasteiger partial charge is 0.317 e. The molecule has 0 spiro atoms. The van der Waals surface area contributed by atoms with E-state index in [9.17, 15) is 4.79 Å². The average Bonchev–Trinajstić information content (AvgIpc) is 2.64. The van der Waals surface area contributed by atoms with Gasteiger partial charge in [-0.25, -0.2) is 4.79 Å². The van der Waals surface area contributed by atoms with Crippen LogP contribution in [0.1, 0.15) is 26.2 Å². The topological polar surface area (TPSA) is 82.2 Å². The molecule has 0 aliphatic heterocycles. The Kier molecular flexibility index (Phi) is 3.94. The first kappa shape index (κ1) is 11.8. The van der Waals surface area contributed by atoms with Gasteiger partial charge in [0.05, 0.1) is 5.84 Å². The highest BCUT2D eigenvalue weighted by Gasteiger charge is 2.31. The lowest BCUT2D eigenvalue weighted by molar-refractivity contribution is 0.205. The van der Waals surface area contributed by atoms with Crippen LogP contribution in [0.25, 0.3) is 0 Å². The molecule has 1 saturated carbocycles. The molecule has 4 N–H and O–H groups in total. The Hall–Kier alpha value is -1.26. The Labute approximate surface area is 90.5 Å². The summed E-state index contributed by atoms with van der Waals surface area (Å²) in [6, 6.07) is -0.0281. The van der Waals surface area contributed by atoms with E-state index < -0.39 is 0 Å². The highest BCUT2D eigenvalue weighted by atomic mass is 16.2. The first-order valence-electron chi connectivity index (χ1n) is 5.41. The fraction of sp³-hybridized carbons (Fsp3) is 0.800. The van der Waals surface area contributed by atoms with Gasteiger partial charge in [0.25, 0.3) is 0 Å². The predicted octanol–water partition coefficient (Wildman–Crippen LogP) is 0.752. The van der Waals surface area contributed by atoms with Crippen molar-refractivity contribution in [3.05, 3.63) is 0 Å². The molecular formula is C10H20N4O. The van der Waals surface area contributed by atoms with Gasteiger partial charge < -0.3 is 16.0 Å². The highest BCUT2D eigenvalue weighted by molar-refractivity contribution is 5.82. The van der Waals surface area contributed by atoms with Crippen molar-refractivity contribution in [2.45, 2.75) is 32.2 Å². The zero-order chi connectivity index (χ0) is 11.4. The van der Waals surface area contributed by atoms with Crippen LogP contribution in [-0.4, -0.2) is 36.4 Å². The zero-order valence-electron chi connectivity index (χ0n) is 9.42. The van der Waals surface area contributed by atoms with E-state index in [-0.39, 0.29) is 23.8 Å². The van der Waals surface area contributed by atoms with E-state index in [0.29, 0.717) is 6.54 Å². The summed E-state index contributed by atoms with van der Waals surface area (Å²) in [5.74, 6) is 0.219. The van der Waals surface area contributed by atoms with E-state index in [1.807, 2.05) is 6.92 Å². The Bertz CT molecular complexity index is 254. The van der Waals surface area contributed by atoms with Crippen molar-refractivity contribution in [3.8, 4) is 0 Å². The molecule has 0 aromatic rings. The normalized spacial score (nSPS) is 24.9. The van der Waals surface area contributed by atoms with E-state index in [1.54, 1.807) is 11.9 Å². The minimum absolute atomic E-state index is 0.0270. The second-order valence-electron chi connectivity index (χ2n) is 4.06. The van der Waals surface area contributed by atoms with Gasteiger partial charge in [-0.15, -0.1) is 0 Å². The first-order valence-corrected chi connectivity index (χ1v) is 5.41. The SMILES string of the molecule is CCN(C)C(=O)NC1CCCC1C(=N)N. The zero-order valence-corrected chi connectivity index (χ0v) is 9.42. The molecule has 1 aliphatic carbocycles. The summed E-state index contributed by atoms with van der Waals surface area (Å²) < 4.78 is 0. The summed E-state index contributed by atoms with van der Waals surface area (Å²) in [6.07, 6.45) is 2.87. The van der Waals surface area contributed by atoms with Gasteiger partial charge in [0, 0.05) is 25.6 Å². The lowest BCUT2D eigenvalue weighted by Crippen LogP contribution is -2.46. The van der Waals surface area contributed by atoms with E-state index in [4.69, 9.17) is 11.1 Å². The molecule has 5 heteroatoms. The molecule has 5 nitrogen and oxygen atoms in total. The van der Waals surface area contributed by atoms with Crippen LogP contribution in [0.2, 0.25) is 0 Å². The van der Waals surface area contributed by atoms with Crippen LogP contribution >= 0.6 is 0 Å². The van der Waals surface area contributed by atoms with Crippen molar-refractivity contribution in [1.82, 2.24) is 10.2 Å². The molecule has 0 saturated heterocycles. The van der Waals surface area contributed by atoms with Gasteiger partial charge >= 0.3 is 6.03 Å². The van der Waals surface area contributed by atoms with E-state index >= 15 is 0 Å². The molecule has 0 radical (unpaired) electrons. The number of nitrogens with one attached hydrogen (secondary N) is 2. The monoisotopic (exact) mass is 212 g/mol. The number of amides is 2. The van der Waals surface area contributed by atoms with Gasteiger partial charge in [-0.3, -0.25) is 5.41 Å². The fourth-order valence-electron chi connectivity index (χ4n) is 1.92. The summed E-state index contributed by atoms with van der Waals surface area (Å²) in [4.78, 5) is 13.2. The summed E-state index contributed by atoms with van der Waals surface area (Å²) in [6.45, 7) is 2.61. The van der Waals surface area contributed by atoms with Crippen LogP contribution in [0.5, 0.6) is 0 Å². The van der Waals surface area contributed by atoms with Gasteiger partial charge in [-0.2, -0.15) is 0 Å².